The van der Waals surface area contributed by atoms with E-state index in [9.17, 15) is 0 Å². The molecule has 1 saturated heterocycles. The minimum atomic E-state index is 0.314. The maximum Gasteiger partial charge on any atom is 0.0602 e. The second kappa shape index (κ2) is 7.96. The molecule has 1 atom stereocenters. The molecule has 1 aliphatic heterocycles. The molecule has 0 aromatic heterocycles. The first-order valence-corrected chi connectivity index (χ1v) is 7.69. The average molecular weight is 282 g/mol. The van der Waals surface area contributed by atoms with Gasteiger partial charge in [0.15, 0.2) is 0 Å². The van der Waals surface area contributed by atoms with Gasteiger partial charge in [-0.3, -0.25) is 4.90 Å². The summed E-state index contributed by atoms with van der Waals surface area (Å²) in [5.74, 6) is 0. The zero-order valence-corrected chi connectivity index (χ0v) is 13.2. The fourth-order valence-corrected chi connectivity index (χ4v) is 2.90. The molecular formula is C19H26N2. The number of allylic oxidation sites excluding steroid dienone is 3. The molecule has 0 aliphatic carbocycles. The standard InChI is InChI=1S/C19H26N2/c1-4-9-17(10-5-2)19(18-11-7-6-8-12-18)21-15-13-20(3)14-16-21/h4-12,19H,1,13-16H2,2-3H3/b10-5-,17-9+. The van der Waals surface area contributed by atoms with Crippen LogP contribution in [0.5, 0.6) is 0 Å². The third kappa shape index (κ3) is 4.16. The summed E-state index contributed by atoms with van der Waals surface area (Å²) in [7, 11) is 2.20. The van der Waals surface area contributed by atoms with Gasteiger partial charge in [0.25, 0.3) is 0 Å². The first-order chi connectivity index (χ1) is 10.3. The molecule has 0 radical (unpaired) electrons. The fraction of sp³-hybridized carbons (Fsp3) is 0.368. The van der Waals surface area contributed by atoms with Crippen molar-refractivity contribution in [1.29, 1.82) is 0 Å². The number of rotatable bonds is 5. The van der Waals surface area contributed by atoms with E-state index in [0.29, 0.717) is 6.04 Å². The Balaban J connectivity index is 2.34. The monoisotopic (exact) mass is 282 g/mol. The van der Waals surface area contributed by atoms with Gasteiger partial charge in [0, 0.05) is 26.2 Å². The quantitative estimate of drug-likeness (QED) is 0.760. The highest BCUT2D eigenvalue weighted by atomic mass is 15.3. The summed E-state index contributed by atoms with van der Waals surface area (Å²) in [6.07, 6.45) is 8.34. The largest absolute Gasteiger partial charge is 0.304 e. The van der Waals surface area contributed by atoms with Crippen LogP contribution in [0.3, 0.4) is 0 Å². The molecule has 0 saturated carbocycles. The smallest absolute Gasteiger partial charge is 0.0602 e. The second-order valence-electron chi connectivity index (χ2n) is 5.55. The van der Waals surface area contributed by atoms with Crippen LogP contribution in [-0.4, -0.2) is 43.0 Å². The molecule has 1 unspecified atom stereocenters. The SMILES string of the molecule is C=C/C=C(\C=C/C)C(c1ccccc1)N1CCN(C)CC1. The first-order valence-electron chi connectivity index (χ1n) is 7.69. The van der Waals surface area contributed by atoms with Crippen molar-refractivity contribution in [2.75, 3.05) is 33.2 Å². The fourth-order valence-electron chi connectivity index (χ4n) is 2.90. The van der Waals surface area contributed by atoms with Gasteiger partial charge < -0.3 is 4.90 Å². The maximum atomic E-state index is 3.88. The van der Waals surface area contributed by atoms with Crippen molar-refractivity contribution in [1.82, 2.24) is 9.80 Å². The molecule has 2 rings (SSSR count). The summed E-state index contributed by atoms with van der Waals surface area (Å²) in [6.45, 7) is 10.4. The minimum Gasteiger partial charge on any atom is -0.304 e. The van der Waals surface area contributed by atoms with Crippen LogP contribution in [0.15, 0.2) is 66.8 Å². The molecule has 0 N–H and O–H groups in total. The summed E-state index contributed by atoms with van der Waals surface area (Å²) in [4.78, 5) is 4.97. The van der Waals surface area contributed by atoms with Crippen LogP contribution in [-0.2, 0) is 0 Å². The van der Waals surface area contributed by atoms with E-state index in [1.165, 1.54) is 11.1 Å². The lowest BCUT2D eigenvalue weighted by Gasteiger charge is -2.39. The first kappa shape index (κ1) is 15.7. The van der Waals surface area contributed by atoms with E-state index in [-0.39, 0.29) is 0 Å². The van der Waals surface area contributed by atoms with Crippen LogP contribution in [0.1, 0.15) is 18.5 Å². The van der Waals surface area contributed by atoms with Gasteiger partial charge in [0.1, 0.15) is 0 Å². The Morgan fingerprint density at radius 1 is 1.14 bits per heavy atom. The molecule has 1 aromatic carbocycles. The predicted octanol–water partition coefficient (Wildman–Crippen LogP) is 3.66. The van der Waals surface area contributed by atoms with Crippen LogP contribution < -0.4 is 0 Å². The summed E-state index contributed by atoms with van der Waals surface area (Å²) in [5, 5.41) is 0. The number of benzene rings is 1. The lowest BCUT2D eigenvalue weighted by Crippen LogP contribution is -2.46. The van der Waals surface area contributed by atoms with Gasteiger partial charge in [-0.15, -0.1) is 0 Å². The average Bonchev–Trinajstić information content (AvgIpc) is 2.51. The topological polar surface area (TPSA) is 6.48 Å². The lowest BCUT2D eigenvalue weighted by atomic mass is 9.95. The molecule has 1 aliphatic rings. The molecule has 21 heavy (non-hydrogen) atoms. The third-order valence-corrected chi connectivity index (χ3v) is 4.00. The van der Waals surface area contributed by atoms with Gasteiger partial charge in [0.2, 0.25) is 0 Å². The normalized spacial score (nSPS) is 19.8. The Morgan fingerprint density at radius 2 is 1.81 bits per heavy atom. The molecule has 112 valence electrons. The Bertz CT molecular complexity index is 494. The van der Waals surface area contributed by atoms with Crippen molar-refractivity contribution in [2.24, 2.45) is 0 Å². The van der Waals surface area contributed by atoms with E-state index in [4.69, 9.17) is 0 Å². The molecule has 2 nitrogen and oxygen atoms in total. The van der Waals surface area contributed by atoms with Crippen molar-refractivity contribution < 1.29 is 0 Å². The van der Waals surface area contributed by atoms with Crippen LogP contribution in [0.25, 0.3) is 0 Å². The molecule has 0 bridgehead atoms. The minimum absolute atomic E-state index is 0.314. The van der Waals surface area contributed by atoms with E-state index in [1.807, 2.05) is 6.08 Å². The molecule has 2 heteroatoms. The number of piperazine rings is 1. The summed E-state index contributed by atoms with van der Waals surface area (Å²) in [5.41, 5.74) is 2.66. The molecule has 1 fully saturated rings. The number of hydrogen-bond donors (Lipinski definition) is 0. The van der Waals surface area contributed by atoms with Crippen molar-refractivity contribution in [2.45, 2.75) is 13.0 Å². The molecule has 0 spiro atoms. The maximum absolute atomic E-state index is 3.88. The summed E-state index contributed by atoms with van der Waals surface area (Å²) in [6, 6.07) is 11.1. The van der Waals surface area contributed by atoms with Gasteiger partial charge in [-0.2, -0.15) is 0 Å². The Kier molecular flexibility index (Phi) is 5.97. The number of likely N-dealkylation sites (N-methyl/N-ethyl adjacent to an activating group) is 1. The van der Waals surface area contributed by atoms with Crippen molar-refractivity contribution in [3.8, 4) is 0 Å². The van der Waals surface area contributed by atoms with Gasteiger partial charge in [-0.1, -0.05) is 61.2 Å². The third-order valence-electron chi connectivity index (χ3n) is 4.00. The van der Waals surface area contributed by atoms with Crippen molar-refractivity contribution >= 4 is 0 Å². The molecular weight excluding hydrogens is 256 g/mol. The van der Waals surface area contributed by atoms with Crippen LogP contribution in [0, 0.1) is 0 Å². The zero-order valence-electron chi connectivity index (χ0n) is 13.2. The number of nitrogens with zero attached hydrogens (tertiary/aromatic N) is 2. The van der Waals surface area contributed by atoms with Crippen LogP contribution >= 0.6 is 0 Å². The zero-order chi connectivity index (χ0) is 15.1. The molecule has 1 heterocycles. The van der Waals surface area contributed by atoms with Gasteiger partial charge >= 0.3 is 0 Å². The van der Waals surface area contributed by atoms with E-state index in [2.05, 4.69) is 78.9 Å². The van der Waals surface area contributed by atoms with Gasteiger partial charge in [-0.05, 0) is 25.1 Å². The second-order valence-corrected chi connectivity index (χ2v) is 5.55. The van der Waals surface area contributed by atoms with Crippen LogP contribution in [0.2, 0.25) is 0 Å². The summed E-state index contributed by atoms with van der Waals surface area (Å²) >= 11 is 0. The van der Waals surface area contributed by atoms with E-state index < -0.39 is 0 Å². The van der Waals surface area contributed by atoms with Gasteiger partial charge in [0.05, 0.1) is 6.04 Å². The number of hydrogen-bond acceptors (Lipinski definition) is 2. The van der Waals surface area contributed by atoms with Crippen LogP contribution in [0.4, 0.5) is 0 Å². The molecule has 0 amide bonds. The Labute approximate surface area is 129 Å². The lowest BCUT2D eigenvalue weighted by molar-refractivity contribution is 0.127. The van der Waals surface area contributed by atoms with E-state index in [1.54, 1.807) is 0 Å². The van der Waals surface area contributed by atoms with E-state index in [0.717, 1.165) is 26.2 Å². The van der Waals surface area contributed by atoms with Crippen molar-refractivity contribution in [3.05, 3.63) is 72.4 Å². The van der Waals surface area contributed by atoms with E-state index >= 15 is 0 Å². The predicted molar refractivity (Wildman–Crippen MR) is 91.3 cm³/mol. The Morgan fingerprint density at radius 3 is 2.38 bits per heavy atom. The van der Waals surface area contributed by atoms with Gasteiger partial charge in [-0.25, -0.2) is 0 Å². The van der Waals surface area contributed by atoms with Crippen molar-refractivity contribution in [3.63, 3.8) is 0 Å². The Hall–Kier alpha value is -1.64. The highest BCUT2D eigenvalue weighted by Crippen LogP contribution is 2.30. The summed E-state index contributed by atoms with van der Waals surface area (Å²) < 4.78 is 0. The highest BCUT2D eigenvalue weighted by molar-refractivity contribution is 5.36. The molecule has 1 aromatic rings. The highest BCUT2D eigenvalue weighted by Gasteiger charge is 2.25.